The molecule has 1 saturated heterocycles. The normalized spacial score (nSPS) is 16.8. The van der Waals surface area contributed by atoms with Crippen LogP contribution in [0.2, 0.25) is 0 Å². The van der Waals surface area contributed by atoms with Crippen LogP contribution in [0.4, 0.5) is 17.6 Å². The Morgan fingerprint density at radius 2 is 1.84 bits per heavy atom. The van der Waals surface area contributed by atoms with Crippen molar-refractivity contribution in [1.82, 2.24) is 24.9 Å². The van der Waals surface area contributed by atoms with Crippen LogP contribution in [0.1, 0.15) is 23.9 Å². The second-order valence-electron chi connectivity index (χ2n) is 6.07. The molecule has 7 heteroatoms. The van der Waals surface area contributed by atoms with E-state index in [4.69, 9.17) is 4.98 Å². The van der Waals surface area contributed by atoms with Crippen LogP contribution in [-0.2, 0) is 0 Å². The van der Waals surface area contributed by atoms with Gasteiger partial charge in [0.1, 0.15) is 17.5 Å². The van der Waals surface area contributed by atoms with E-state index in [-0.39, 0.29) is 5.92 Å². The molecular formula is C18H19N7. The van der Waals surface area contributed by atoms with Gasteiger partial charge < -0.3 is 10.2 Å². The Hall–Kier alpha value is -3.09. The molecule has 126 valence electrons. The van der Waals surface area contributed by atoms with E-state index in [1.807, 2.05) is 37.3 Å². The van der Waals surface area contributed by atoms with Crippen LogP contribution in [-0.4, -0.2) is 38.0 Å². The summed E-state index contributed by atoms with van der Waals surface area (Å²) in [6, 6.07) is 9.52. The zero-order chi connectivity index (χ0) is 17.1. The summed E-state index contributed by atoms with van der Waals surface area (Å²) in [5.41, 5.74) is 0.942. The van der Waals surface area contributed by atoms with E-state index in [0.717, 1.165) is 48.6 Å². The van der Waals surface area contributed by atoms with Crippen molar-refractivity contribution >= 4 is 17.6 Å². The fraction of sp³-hybridized carbons (Fsp3) is 0.278. The SMILES string of the molecule is Cc1cc(Nc2ccccn2)nc(C2CCN(c3ncccn3)C2)n1. The van der Waals surface area contributed by atoms with Gasteiger partial charge in [0.2, 0.25) is 5.95 Å². The molecule has 0 spiro atoms. The molecule has 3 aromatic rings. The van der Waals surface area contributed by atoms with Crippen molar-refractivity contribution in [3.05, 3.63) is 60.4 Å². The van der Waals surface area contributed by atoms with Gasteiger partial charge >= 0.3 is 0 Å². The first-order chi connectivity index (χ1) is 12.3. The average molecular weight is 333 g/mol. The molecule has 4 heterocycles. The Bertz CT molecular complexity index is 839. The van der Waals surface area contributed by atoms with E-state index in [1.54, 1.807) is 18.6 Å². The smallest absolute Gasteiger partial charge is 0.225 e. The maximum atomic E-state index is 4.71. The minimum Gasteiger partial charge on any atom is -0.340 e. The first kappa shape index (κ1) is 15.4. The molecule has 0 radical (unpaired) electrons. The van der Waals surface area contributed by atoms with Crippen molar-refractivity contribution in [2.75, 3.05) is 23.3 Å². The van der Waals surface area contributed by atoms with E-state index >= 15 is 0 Å². The number of aromatic nitrogens is 5. The lowest BCUT2D eigenvalue weighted by Crippen LogP contribution is -2.22. The Balaban J connectivity index is 1.53. The summed E-state index contributed by atoms with van der Waals surface area (Å²) in [7, 11) is 0. The van der Waals surface area contributed by atoms with Crippen molar-refractivity contribution in [3.8, 4) is 0 Å². The van der Waals surface area contributed by atoms with Crippen LogP contribution in [0.15, 0.2) is 48.9 Å². The first-order valence-electron chi connectivity index (χ1n) is 8.33. The summed E-state index contributed by atoms with van der Waals surface area (Å²) in [6.45, 7) is 3.73. The fourth-order valence-corrected chi connectivity index (χ4v) is 3.01. The van der Waals surface area contributed by atoms with E-state index in [9.17, 15) is 0 Å². The quantitative estimate of drug-likeness (QED) is 0.786. The number of aryl methyl sites for hydroxylation is 1. The number of anilines is 3. The molecule has 3 aromatic heterocycles. The summed E-state index contributed by atoms with van der Waals surface area (Å²) in [5, 5.41) is 3.25. The summed E-state index contributed by atoms with van der Waals surface area (Å²) in [5.74, 6) is 3.45. The zero-order valence-corrected chi connectivity index (χ0v) is 14.0. The highest BCUT2D eigenvalue weighted by molar-refractivity contribution is 5.51. The van der Waals surface area contributed by atoms with Gasteiger partial charge in [0.25, 0.3) is 0 Å². The van der Waals surface area contributed by atoms with Gasteiger partial charge in [-0.25, -0.2) is 24.9 Å². The summed E-state index contributed by atoms with van der Waals surface area (Å²) < 4.78 is 0. The molecule has 1 atom stereocenters. The molecule has 7 nitrogen and oxygen atoms in total. The van der Waals surface area contributed by atoms with Crippen LogP contribution in [0.5, 0.6) is 0 Å². The highest BCUT2D eigenvalue weighted by atomic mass is 15.3. The molecule has 0 aromatic carbocycles. The monoisotopic (exact) mass is 333 g/mol. The van der Waals surface area contributed by atoms with Crippen molar-refractivity contribution in [3.63, 3.8) is 0 Å². The van der Waals surface area contributed by atoms with E-state index in [1.165, 1.54) is 0 Å². The molecule has 0 bridgehead atoms. The van der Waals surface area contributed by atoms with Crippen molar-refractivity contribution in [2.45, 2.75) is 19.3 Å². The first-order valence-corrected chi connectivity index (χ1v) is 8.33. The third kappa shape index (κ3) is 3.55. The molecule has 0 aliphatic carbocycles. The number of nitrogens with one attached hydrogen (secondary N) is 1. The highest BCUT2D eigenvalue weighted by Gasteiger charge is 2.27. The molecule has 1 fully saturated rings. The lowest BCUT2D eigenvalue weighted by Gasteiger charge is -2.16. The zero-order valence-electron chi connectivity index (χ0n) is 14.0. The Morgan fingerprint density at radius 3 is 2.64 bits per heavy atom. The predicted molar refractivity (Wildman–Crippen MR) is 95.9 cm³/mol. The minimum absolute atomic E-state index is 0.271. The van der Waals surface area contributed by atoms with Gasteiger partial charge in [-0.05, 0) is 31.5 Å². The van der Waals surface area contributed by atoms with E-state index in [2.05, 4.69) is 30.2 Å². The number of rotatable bonds is 4. The lowest BCUT2D eigenvalue weighted by atomic mass is 10.1. The van der Waals surface area contributed by atoms with Crippen LogP contribution in [0.3, 0.4) is 0 Å². The molecule has 25 heavy (non-hydrogen) atoms. The molecular weight excluding hydrogens is 314 g/mol. The Morgan fingerprint density at radius 1 is 1.00 bits per heavy atom. The van der Waals surface area contributed by atoms with E-state index < -0.39 is 0 Å². The Kier molecular flexibility index (Phi) is 4.20. The van der Waals surface area contributed by atoms with Gasteiger partial charge in [-0.3, -0.25) is 0 Å². The Labute approximate surface area is 146 Å². The van der Waals surface area contributed by atoms with Gasteiger partial charge in [-0.15, -0.1) is 0 Å². The standard InChI is InChI=1S/C18H19N7/c1-13-11-16(23-15-5-2-3-7-19-15)24-17(22-13)14-6-10-25(12-14)18-20-8-4-9-21-18/h2-5,7-9,11,14H,6,10,12H2,1H3,(H,19,22,23,24). The van der Waals surface area contributed by atoms with Crippen molar-refractivity contribution in [2.24, 2.45) is 0 Å². The van der Waals surface area contributed by atoms with Gasteiger partial charge in [0.05, 0.1) is 0 Å². The maximum absolute atomic E-state index is 4.71. The van der Waals surface area contributed by atoms with Gasteiger partial charge in [-0.1, -0.05) is 6.07 Å². The average Bonchev–Trinajstić information content (AvgIpc) is 3.13. The number of hydrogen-bond acceptors (Lipinski definition) is 7. The topological polar surface area (TPSA) is 79.7 Å². The second-order valence-corrected chi connectivity index (χ2v) is 6.07. The maximum Gasteiger partial charge on any atom is 0.225 e. The number of pyridine rings is 1. The van der Waals surface area contributed by atoms with Crippen LogP contribution >= 0.6 is 0 Å². The molecule has 0 saturated carbocycles. The fourth-order valence-electron chi connectivity index (χ4n) is 3.01. The van der Waals surface area contributed by atoms with Gasteiger partial charge in [-0.2, -0.15) is 0 Å². The van der Waals surface area contributed by atoms with Crippen molar-refractivity contribution < 1.29 is 0 Å². The summed E-state index contributed by atoms with van der Waals surface area (Å²) >= 11 is 0. The molecule has 0 amide bonds. The molecule has 1 N–H and O–H groups in total. The number of hydrogen-bond donors (Lipinski definition) is 1. The molecule has 1 unspecified atom stereocenters. The molecule has 4 rings (SSSR count). The highest BCUT2D eigenvalue weighted by Crippen LogP contribution is 2.28. The van der Waals surface area contributed by atoms with Crippen LogP contribution in [0, 0.1) is 6.92 Å². The van der Waals surface area contributed by atoms with E-state index in [0.29, 0.717) is 0 Å². The van der Waals surface area contributed by atoms with Crippen molar-refractivity contribution in [1.29, 1.82) is 0 Å². The third-order valence-electron chi connectivity index (χ3n) is 4.18. The molecule has 1 aliphatic rings. The summed E-state index contributed by atoms with van der Waals surface area (Å²) in [4.78, 5) is 24.5. The van der Waals surface area contributed by atoms with Gasteiger partial charge in [0.15, 0.2) is 0 Å². The van der Waals surface area contributed by atoms with Crippen LogP contribution in [0.25, 0.3) is 0 Å². The molecule has 1 aliphatic heterocycles. The number of nitrogens with zero attached hydrogens (tertiary/aromatic N) is 6. The lowest BCUT2D eigenvalue weighted by molar-refractivity contribution is 0.704. The second kappa shape index (κ2) is 6.80. The largest absolute Gasteiger partial charge is 0.340 e. The van der Waals surface area contributed by atoms with Crippen LogP contribution < -0.4 is 10.2 Å². The minimum atomic E-state index is 0.271. The third-order valence-corrected chi connectivity index (χ3v) is 4.18. The predicted octanol–water partition coefficient (Wildman–Crippen LogP) is 2.71. The summed E-state index contributed by atoms with van der Waals surface area (Å²) in [6.07, 6.45) is 6.29. The van der Waals surface area contributed by atoms with Gasteiger partial charge in [0, 0.05) is 49.4 Å².